The van der Waals surface area contributed by atoms with Crippen molar-refractivity contribution in [3.8, 4) is 5.75 Å². The van der Waals surface area contributed by atoms with Gasteiger partial charge in [0.05, 0.1) is 12.8 Å². The van der Waals surface area contributed by atoms with Crippen molar-refractivity contribution in [3.63, 3.8) is 0 Å². The molecule has 0 aromatic heterocycles. The zero-order chi connectivity index (χ0) is 22.1. The molecule has 0 heterocycles. The summed E-state index contributed by atoms with van der Waals surface area (Å²) in [7, 11) is -2.36. The van der Waals surface area contributed by atoms with Crippen molar-refractivity contribution in [3.05, 3.63) is 64.6 Å². The second kappa shape index (κ2) is 10.6. The van der Waals surface area contributed by atoms with Crippen LogP contribution in [0.25, 0.3) is 6.08 Å². The van der Waals surface area contributed by atoms with Crippen LogP contribution >= 0.6 is 0 Å². The lowest BCUT2D eigenvalue weighted by molar-refractivity contribution is -0.146. The summed E-state index contributed by atoms with van der Waals surface area (Å²) in [4.78, 5) is 23.7. The van der Waals surface area contributed by atoms with Crippen molar-refractivity contribution in [1.82, 2.24) is 4.72 Å². The molecule has 8 nitrogen and oxygen atoms in total. The average molecular weight is 432 g/mol. The molecule has 30 heavy (non-hydrogen) atoms. The van der Waals surface area contributed by atoms with Gasteiger partial charge in [-0.2, -0.15) is 0 Å². The monoisotopic (exact) mass is 432 g/mol. The molecule has 0 saturated heterocycles. The maximum Gasteiger partial charge on any atom is 0.321 e. The SMILES string of the molecule is COc1ccc(C)cc1NC(=O)COC(=O)CNS(=O)(=O)/C=C/c1ccc(C)cc1. The topological polar surface area (TPSA) is 111 Å². The Bertz CT molecular complexity index is 1030. The summed E-state index contributed by atoms with van der Waals surface area (Å²) in [6, 6.07) is 12.5. The quantitative estimate of drug-likeness (QED) is 0.589. The number of nitrogens with one attached hydrogen (secondary N) is 2. The minimum absolute atomic E-state index is 0.445. The minimum atomic E-state index is -3.83. The van der Waals surface area contributed by atoms with Crippen LogP contribution < -0.4 is 14.8 Å². The van der Waals surface area contributed by atoms with Crippen LogP contribution in [0, 0.1) is 13.8 Å². The number of carbonyl (C=O) groups is 2. The molecule has 0 saturated carbocycles. The minimum Gasteiger partial charge on any atom is -0.495 e. The van der Waals surface area contributed by atoms with E-state index in [0.29, 0.717) is 17.0 Å². The molecule has 0 spiro atoms. The van der Waals surface area contributed by atoms with Gasteiger partial charge in [-0.3, -0.25) is 9.59 Å². The van der Waals surface area contributed by atoms with Gasteiger partial charge in [-0.1, -0.05) is 35.9 Å². The zero-order valence-corrected chi connectivity index (χ0v) is 17.8. The molecule has 0 aliphatic rings. The Labute approximate surface area is 175 Å². The van der Waals surface area contributed by atoms with Crippen LogP contribution in [-0.2, 0) is 24.3 Å². The van der Waals surface area contributed by atoms with Crippen molar-refractivity contribution in [1.29, 1.82) is 0 Å². The van der Waals surface area contributed by atoms with Crippen LogP contribution in [0.1, 0.15) is 16.7 Å². The predicted molar refractivity (Wildman–Crippen MR) is 114 cm³/mol. The molecule has 0 aliphatic heterocycles. The normalized spacial score (nSPS) is 11.3. The molecular weight excluding hydrogens is 408 g/mol. The number of amides is 1. The molecule has 0 unspecified atom stereocenters. The van der Waals surface area contributed by atoms with Gasteiger partial charge in [-0.15, -0.1) is 0 Å². The van der Waals surface area contributed by atoms with E-state index in [4.69, 9.17) is 9.47 Å². The number of ether oxygens (including phenoxy) is 2. The summed E-state index contributed by atoms with van der Waals surface area (Å²) in [6.45, 7) is 2.63. The lowest BCUT2D eigenvalue weighted by Gasteiger charge is -2.11. The summed E-state index contributed by atoms with van der Waals surface area (Å²) in [5.41, 5.74) is 3.12. The molecule has 0 radical (unpaired) electrons. The Morgan fingerprint density at radius 3 is 2.37 bits per heavy atom. The molecular formula is C21H24N2O6S. The largest absolute Gasteiger partial charge is 0.495 e. The second-order valence-electron chi connectivity index (χ2n) is 6.49. The van der Waals surface area contributed by atoms with Crippen LogP contribution in [0.5, 0.6) is 5.75 Å². The average Bonchev–Trinajstić information content (AvgIpc) is 2.71. The number of hydrogen-bond donors (Lipinski definition) is 2. The fourth-order valence-electron chi connectivity index (χ4n) is 2.36. The van der Waals surface area contributed by atoms with E-state index < -0.39 is 35.1 Å². The fourth-order valence-corrected chi connectivity index (χ4v) is 3.11. The third-order valence-electron chi connectivity index (χ3n) is 3.93. The van der Waals surface area contributed by atoms with Gasteiger partial charge < -0.3 is 14.8 Å². The molecule has 160 valence electrons. The first-order valence-corrected chi connectivity index (χ1v) is 10.6. The maximum absolute atomic E-state index is 12.0. The van der Waals surface area contributed by atoms with Crippen molar-refractivity contribution >= 4 is 33.7 Å². The summed E-state index contributed by atoms with van der Waals surface area (Å²) >= 11 is 0. The molecule has 0 aliphatic carbocycles. The first-order valence-electron chi connectivity index (χ1n) is 9.03. The van der Waals surface area contributed by atoms with Crippen LogP contribution in [0.4, 0.5) is 5.69 Å². The first kappa shape index (κ1) is 23.1. The van der Waals surface area contributed by atoms with E-state index in [2.05, 4.69) is 10.0 Å². The van der Waals surface area contributed by atoms with Gasteiger partial charge in [0.15, 0.2) is 6.61 Å². The summed E-state index contributed by atoms with van der Waals surface area (Å²) in [6.07, 6.45) is 1.41. The number of carbonyl (C=O) groups excluding carboxylic acids is 2. The third-order valence-corrected chi connectivity index (χ3v) is 4.97. The second-order valence-corrected chi connectivity index (χ2v) is 8.14. The summed E-state index contributed by atoms with van der Waals surface area (Å²) in [5, 5.41) is 3.54. The van der Waals surface area contributed by atoms with Gasteiger partial charge in [0.25, 0.3) is 5.91 Å². The summed E-state index contributed by atoms with van der Waals surface area (Å²) in [5.74, 6) is -0.989. The van der Waals surface area contributed by atoms with Gasteiger partial charge >= 0.3 is 5.97 Å². The highest BCUT2D eigenvalue weighted by Crippen LogP contribution is 2.24. The van der Waals surface area contributed by atoms with E-state index in [1.807, 2.05) is 32.0 Å². The Balaban J connectivity index is 1.80. The van der Waals surface area contributed by atoms with Crippen LogP contribution in [-0.4, -0.2) is 40.6 Å². The highest BCUT2D eigenvalue weighted by atomic mass is 32.2. The van der Waals surface area contributed by atoms with Crippen LogP contribution in [0.2, 0.25) is 0 Å². The van der Waals surface area contributed by atoms with Gasteiger partial charge in [0.2, 0.25) is 10.0 Å². The molecule has 0 bridgehead atoms. The molecule has 2 rings (SSSR count). The van der Waals surface area contributed by atoms with Gasteiger partial charge in [0.1, 0.15) is 12.3 Å². The molecule has 1 amide bonds. The Morgan fingerprint density at radius 1 is 1.03 bits per heavy atom. The number of sulfonamides is 1. The maximum atomic E-state index is 12.0. The summed E-state index contributed by atoms with van der Waals surface area (Å²) < 4.78 is 36.0. The highest BCUT2D eigenvalue weighted by molar-refractivity contribution is 7.92. The fraction of sp³-hybridized carbons (Fsp3) is 0.238. The van der Waals surface area contributed by atoms with E-state index in [0.717, 1.165) is 16.5 Å². The first-order chi connectivity index (χ1) is 14.2. The van der Waals surface area contributed by atoms with Gasteiger partial charge in [0, 0.05) is 5.41 Å². The van der Waals surface area contributed by atoms with Crippen LogP contribution in [0.15, 0.2) is 47.9 Å². The van der Waals surface area contributed by atoms with Crippen molar-refractivity contribution in [2.75, 3.05) is 25.6 Å². The molecule has 0 atom stereocenters. The van der Waals surface area contributed by atoms with Crippen molar-refractivity contribution in [2.24, 2.45) is 0 Å². The van der Waals surface area contributed by atoms with E-state index in [1.54, 1.807) is 24.3 Å². The zero-order valence-electron chi connectivity index (χ0n) is 17.0. The Kier molecular flexibility index (Phi) is 8.14. The number of anilines is 1. The van der Waals surface area contributed by atoms with Crippen molar-refractivity contribution < 1.29 is 27.5 Å². The Morgan fingerprint density at radius 2 is 1.70 bits per heavy atom. The van der Waals surface area contributed by atoms with Crippen LogP contribution in [0.3, 0.4) is 0 Å². The predicted octanol–water partition coefficient (Wildman–Crippen LogP) is 2.38. The molecule has 9 heteroatoms. The number of benzene rings is 2. The number of methoxy groups -OCH3 is 1. The number of hydrogen-bond acceptors (Lipinski definition) is 6. The lowest BCUT2D eigenvalue weighted by Crippen LogP contribution is -2.31. The molecule has 0 fully saturated rings. The third kappa shape index (κ3) is 7.69. The lowest BCUT2D eigenvalue weighted by atomic mass is 10.2. The van der Waals surface area contributed by atoms with E-state index in [1.165, 1.54) is 13.2 Å². The number of esters is 1. The smallest absolute Gasteiger partial charge is 0.321 e. The molecule has 2 aromatic rings. The molecule has 2 aromatic carbocycles. The van der Waals surface area contributed by atoms with E-state index in [9.17, 15) is 18.0 Å². The van der Waals surface area contributed by atoms with Crippen molar-refractivity contribution in [2.45, 2.75) is 13.8 Å². The Hall–Kier alpha value is -3.17. The van der Waals surface area contributed by atoms with Gasteiger partial charge in [-0.05, 0) is 43.2 Å². The number of rotatable bonds is 9. The van der Waals surface area contributed by atoms with E-state index >= 15 is 0 Å². The molecule has 2 N–H and O–H groups in total. The van der Waals surface area contributed by atoms with E-state index in [-0.39, 0.29) is 0 Å². The highest BCUT2D eigenvalue weighted by Gasteiger charge is 2.13. The van der Waals surface area contributed by atoms with Gasteiger partial charge in [-0.25, -0.2) is 13.1 Å². The standard InChI is InChI=1S/C21H24N2O6S/c1-15-4-7-17(8-5-15)10-11-30(26,27)22-13-21(25)29-14-20(24)23-18-12-16(2)6-9-19(18)28-3/h4-12,22H,13-14H2,1-3H3,(H,23,24)/b11-10+. The number of aryl methyl sites for hydroxylation is 2.